The van der Waals surface area contributed by atoms with Crippen molar-refractivity contribution >= 4 is 28.3 Å². The fourth-order valence-electron chi connectivity index (χ4n) is 3.06. The maximum Gasteiger partial charge on any atom is 0.253 e. The van der Waals surface area contributed by atoms with Gasteiger partial charge in [-0.05, 0) is 24.1 Å². The molecule has 3 nitrogen and oxygen atoms in total. The summed E-state index contributed by atoms with van der Waals surface area (Å²) in [6, 6.07) is 7.62. The molecular formula is C17H19ClN2O. The predicted octanol–water partition coefficient (Wildman–Crippen LogP) is 4.20. The molecule has 1 heterocycles. The summed E-state index contributed by atoms with van der Waals surface area (Å²) in [5, 5.41) is 5.18. The van der Waals surface area contributed by atoms with Crippen LogP contribution in [0.5, 0.6) is 0 Å². The maximum atomic E-state index is 12.4. The van der Waals surface area contributed by atoms with E-state index in [1.54, 1.807) is 6.20 Å². The number of carbonyl (C=O) groups excluding carboxylic acids is 1. The molecule has 0 spiro atoms. The first-order valence-electron chi connectivity index (χ1n) is 7.57. The van der Waals surface area contributed by atoms with Gasteiger partial charge in [0.15, 0.2) is 0 Å². The highest BCUT2D eigenvalue weighted by molar-refractivity contribution is 6.34. The topological polar surface area (TPSA) is 42.0 Å². The van der Waals surface area contributed by atoms with Crippen molar-refractivity contribution in [3.05, 3.63) is 41.2 Å². The van der Waals surface area contributed by atoms with Gasteiger partial charge in [-0.2, -0.15) is 0 Å². The van der Waals surface area contributed by atoms with Crippen LogP contribution in [0.25, 0.3) is 10.8 Å². The van der Waals surface area contributed by atoms with Crippen molar-refractivity contribution in [2.45, 2.75) is 32.1 Å². The Morgan fingerprint density at radius 2 is 1.90 bits per heavy atom. The molecule has 3 rings (SSSR count). The molecule has 2 aromatic rings. The van der Waals surface area contributed by atoms with Crippen LogP contribution in [0.3, 0.4) is 0 Å². The van der Waals surface area contributed by atoms with Gasteiger partial charge in [0, 0.05) is 18.1 Å². The lowest BCUT2D eigenvalue weighted by atomic mass is 9.89. The largest absolute Gasteiger partial charge is 0.352 e. The first kappa shape index (κ1) is 14.3. The highest BCUT2D eigenvalue weighted by Gasteiger charge is 2.16. The molecule has 0 radical (unpaired) electrons. The Morgan fingerprint density at radius 1 is 1.19 bits per heavy atom. The van der Waals surface area contributed by atoms with E-state index >= 15 is 0 Å². The number of nitrogens with one attached hydrogen (secondary N) is 1. The van der Waals surface area contributed by atoms with Gasteiger partial charge in [-0.15, -0.1) is 0 Å². The zero-order valence-electron chi connectivity index (χ0n) is 11.9. The number of nitrogens with zero attached hydrogens (tertiary/aromatic N) is 1. The third-order valence-corrected chi connectivity index (χ3v) is 4.57. The SMILES string of the molecule is O=C(NCC1CCCCC1)c1cnc(Cl)c2ccccc12. The molecule has 1 aliphatic carbocycles. The van der Waals surface area contributed by atoms with E-state index in [0.29, 0.717) is 16.6 Å². The van der Waals surface area contributed by atoms with Crippen molar-refractivity contribution in [3.8, 4) is 0 Å². The van der Waals surface area contributed by atoms with Gasteiger partial charge in [-0.25, -0.2) is 4.98 Å². The third kappa shape index (κ3) is 3.18. The monoisotopic (exact) mass is 302 g/mol. The normalized spacial score (nSPS) is 16.0. The van der Waals surface area contributed by atoms with Gasteiger partial charge in [-0.1, -0.05) is 55.1 Å². The van der Waals surface area contributed by atoms with Crippen LogP contribution in [0.1, 0.15) is 42.5 Å². The van der Waals surface area contributed by atoms with Crippen molar-refractivity contribution in [2.24, 2.45) is 5.92 Å². The summed E-state index contributed by atoms with van der Waals surface area (Å²) >= 11 is 6.09. The zero-order valence-corrected chi connectivity index (χ0v) is 12.7. The molecule has 1 amide bonds. The molecule has 1 saturated carbocycles. The number of hydrogen-bond donors (Lipinski definition) is 1. The molecule has 0 unspecified atom stereocenters. The van der Waals surface area contributed by atoms with E-state index in [1.807, 2.05) is 24.3 Å². The maximum absolute atomic E-state index is 12.4. The van der Waals surface area contributed by atoms with Crippen molar-refractivity contribution in [1.82, 2.24) is 10.3 Å². The zero-order chi connectivity index (χ0) is 14.7. The second-order valence-electron chi connectivity index (χ2n) is 5.72. The van der Waals surface area contributed by atoms with E-state index in [4.69, 9.17) is 11.6 Å². The van der Waals surface area contributed by atoms with E-state index in [9.17, 15) is 4.79 Å². The number of hydrogen-bond acceptors (Lipinski definition) is 2. The summed E-state index contributed by atoms with van der Waals surface area (Å²) in [7, 11) is 0. The molecule has 0 aliphatic heterocycles. The lowest BCUT2D eigenvalue weighted by molar-refractivity contribution is 0.0945. The smallest absolute Gasteiger partial charge is 0.253 e. The number of benzene rings is 1. The standard InChI is InChI=1S/C17H19ClN2O/c18-16-14-9-5-4-8-13(14)15(11-19-16)17(21)20-10-12-6-2-1-3-7-12/h4-5,8-9,11-12H,1-3,6-7,10H2,(H,20,21). The Balaban J connectivity index is 1.77. The molecule has 1 aromatic carbocycles. The van der Waals surface area contributed by atoms with E-state index in [-0.39, 0.29) is 5.91 Å². The summed E-state index contributed by atoms with van der Waals surface area (Å²) in [5.41, 5.74) is 0.603. The summed E-state index contributed by atoms with van der Waals surface area (Å²) in [6.07, 6.45) is 7.91. The Labute approximate surface area is 129 Å². The molecule has 0 bridgehead atoms. The van der Waals surface area contributed by atoms with Gasteiger partial charge in [0.1, 0.15) is 5.15 Å². The van der Waals surface area contributed by atoms with Crippen molar-refractivity contribution in [1.29, 1.82) is 0 Å². The second kappa shape index (κ2) is 6.44. The van der Waals surface area contributed by atoms with Crippen LogP contribution in [0, 0.1) is 5.92 Å². The molecule has 1 fully saturated rings. The van der Waals surface area contributed by atoms with E-state index < -0.39 is 0 Å². The summed E-state index contributed by atoms with van der Waals surface area (Å²) in [6.45, 7) is 0.760. The number of aromatic nitrogens is 1. The van der Waals surface area contributed by atoms with Crippen molar-refractivity contribution in [2.75, 3.05) is 6.54 Å². The van der Waals surface area contributed by atoms with Crippen LogP contribution < -0.4 is 5.32 Å². The summed E-state index contributed by atoms with van der Waals surface area (Å²) in [5.74, 6) is 0.565. The highest BCUT2D eigenvalue weighted by atomic mass is 35.5. The van der Waals surface area contributed by atoms with Crippen LogP contribution in [0.4, 0.5) is 0 Å². The van der Waals surface area contributed by atoms with Crippen LogP contribution in [-0.4, -0.2) is 17.4 Å². The van der Waals surface area contributed by atoms with E-state index in [1.165, 1.54) is 32.1 Å². The predicted molar refractivity (Wildman–Crippen MR) is 85.7 cm³/mol. The summed E-state index contributed by atoms with van der Waals surface area (Å²) in [4.78, 5) is 16.5. The van der Waals surface area contributed by atoms with Gasteiger partial charge in [-0.3, -0.25) is 4.79 Å². The molecule has 1 aromatic heterocycles. The van der Waals surface area contributed by atoms with Crippen molar-refractivity contribution < 1.29 is 4.79 Å². The second-order valence-corrected chi connectivity index (χ2v) is 6.08. The molecule has 0 atom stereocenters. The molecule has 4 heteroatoms. The quantitative estimate of drug-likeness (QED) is 0.863. The fraction of sp³-hybridized carbons (Fsp3) is 0.412. The molecule has 0 saturated heterocycles. The average molecular weight is 303 g/mol. The Morgan fingerprint density at radius 3 is 2.67 bits per heavy atom. The minimum atomic E-state index is -0.0547. The number of fused-ring (bicyclic) bond motifs is 1. The Kier molecular flexibility index (Phi) is 4.39. The van der Waals surface area contributed by atoms with E-state index in [2.05, 4.69) is 10.3 Å². The van der Waals surface area contributed by atoms with E-state index in [0.717, 1.165) is 17.3 Å². The van der Waals surface area contributed by atoms with Crippen LogP contribution >= 0.6 is 11.6 Å². The molecule has 21 heavy (non-hydrogen) atoms. The molecule has 110 valence electrons. The molecular weight excluding hydrogens is 284 g/mol. The molecule has 1 aliphatic rings. The lowest BCUT2D eigenvalue weighted by Crippen LogP contribution is -2.30. The Bertz CT molecular complexity index is 650. The van der Waals surface area contributed by atoms with Crippen LogP contribution in [0.15, 0.2) is 30.5 Å². The highest BCUT2D eigenvalue weighted by Crippen LogP contribution is 2.25. The van der Waals surface area contributed by atoms with Gasteiger partial charge < -0.3 is 5.32 Å². The number of amides is 1. The van der Waals surface area contributed by atoms with Gasteiger partial charge in [0.05, 0.1) is 5.56 Å². The average Bonchev–Trinajstić information content (AvgIpc) is 2.54. The number of pyridine rings is 1. The van der Waals surface area contributed by atoms with Gasteiger partial charge in [0.2, 0.25) is 0 Å². The first-order chi connectivity index (χ1) is 10.3. The fourth-order valence-corrected chi connectivity index (χ4v) is 3.28. The lowest BCUT2D eigenvalue weighted by Gasteiger charge is -2.21. The molecule has 1 N–H and O–H groups in total. The van der Waals surface area contributed by atoms with Crippen molar-refractivity contribution in [3.63, 3.8) is 0 Å². The third-order valence-electron chi connectivity index (χ3n) is 4.27. The minimum Gasteiger partial charge on any atom is -0.352 e. The van der Waals surface area contributed by atoms with Crippen LogP contribution in [0.2, 0.25) is 5.15 Å². The number of rotatable bonds is 3. The number of carbonyl (C=O) groups is 1. The van der Waals surface area contributed by atoms with Gasteiger partial charge >= 0.3 is 0 Å². The number of halogens is 1. The van der Waals surface area contributed by atoms with Gasteiger partial charge in [0.25, 0.3) is 5.91 Å². The Hall–Kier alpha value is -1.61. The minimum absolute atomic E-state index is 0.0547. The summed E-state index contributed by atoms with van der Waals surface area (Å²) < 4.78 is 0. The first-order valence-corrected chi connectivity index (χ1v) is 7.95. The van der Waals surface area contributed by atoms with Crippen LogP contribution in [-0.2, 0) is 0 Å².